The third-order valence-corrected chi connectivity index (χ3v) is 6.88. The molecule has 3 aromatic heterocycles. The maximum atomic E-state index is 13.2. The molecule has 0 fully saturated rings. The molecule has 11 nitrogen and oxygen atoms in total. The first kappa shape index (κ1) is 27.7. The van der Waals surface area contributed by atoms with Gasteiger partial charge in [-0.1, -0.05) is 24.3 Å². The van der Waals surface area contributed by atoms with Crippen LogP contribution < -0.4 is 9.62 Å². The summed E-state index contributed by atoms with van der Waals surface area (Å²) in [5, 5.41) is 10.3. The Balaban J connectivity index is 1.73. The van der Waals surface area contributed by atoms with E-state index in [1.807, 2.05) is 24.3 Å². The van der Waals surface area contributed by atoms with Crippen LogP contribution in [0.3, 0.4) is 0 Å². The average molecular weight is 553 g/mol. The van der Waals surface area contributed by atoms with E-state index in [0.717, 1.165) is 10.3 Å². The minimum Gasteiger partial charge on any atom is -0.480 e. The van der Waals surface area contributed by atoms with E-state index in [1.54, 1.807) is 39.0 Å². The van der Waals surface area contributed by atoms with Crippen molar-refractivity contribution in [3.63, 3.8) is 0 Å². The number of nitrogens with zero attached hydrogens (tertiary/aromatic N) is 3. The molecule has 4 rings (SSSR count). The van der Waals surface area contributed by atoms with Crippen LogP contribution in [0.1, 0.15) is 38.3 Å². The van der Waals surface area contributed by atoms with E-state index >= 15 is 0 Å². The van der Waals surface area contributed by atoms with Crippen molar-refractivity contribution in [2.24, 2.45) is 0 Å². The molecule has 0 radical (unpaired) electrons. The second kappa shape index (κ2) is 11.2. The molecule has 2 N–H and O–H groups in total. The Bertz CT molecular complexity index is 1550. The fourth-order valence-corrected chi connectivity index (χ4v) is 4.95. The van der Waals surface area contributed by atoms with E-state index in [-0.39, 0.29) is 22.8 Å². The molecular formula is C27H28N4O7S. The SMILES string of the molecule is CC(C)(C)OC(=O)N(CC(=O)O)c1cccc(C(Cc2cc3ccccc3o2)NS(=O)(=O)c2cccnc2)n1. The second-order valence-electron chi connectivity index (χ2n) is 9.70. The highest BCUT2D eigenvalue weighted by Gasteiger charge is 2.29. The summed E-state index contributed by atoms with van der Waals surface area (Å²) in [6, 6.07) is 15.7. The minimum absolute atomic E-state index is 0.0145. The Kier molecular flexibility index (Phi) is 7.98. The average Bonchev–Trinajstić information content (AvgIpc) is 3.29. The van der Waals surface area contributed by atoms with Gasteiger partial charge in [0.1, 0.15) is 34.2 Å². The van der Waals surface area contributed by atoms with Gasteiger partial charge in [-0.15, -0.1) is 0 Å². The molecule has 0 saturated heterocycles. The lowest BCUT2D eigenvalue weighted by Crippen LogP contribution is -2.40. The molecule has 0 spiro atoms. The number of carboxylic acid groups (broad SMARTS) is 1. The number of carbonyl (C=O) groups excluding carboxylic acids is 1. The molecule has 1 atom stereocenters. The van der Waals surface area contributed by atoms with Crippen LogP contribution in [-0.2, 0) is 26.0 Å². The molecule has 3 heterocycles. The largest absolute Gasteiger partial charge is 0.480 e. The molecule has 12 heteroatoms. The lowest BCUT2D eigenvalue weighted by molar-refractivity contribution is -0.135. The number of fused-ring (bicyclic) bond motifs is 1. The third-order valence-electron chi connectivity index (χ3n) is 5.42. The van der Waals surface area contributed by atoms with Crippen LogP contribution in [0, 0.1) is 0 Å². The molecule has 4 aromatic rings. The first-order chi connectivity index (χ1) is 18.4. The Morgan fingerprint density at radius 1 is 1.10 bits per heavy atom. The number of rotatable bonds is 9. The topological polar surface area (TPSA) is 152 Å². The predicted octanol–water partition coefficient (Wildman–Crippen LogP) is 4.31. The standard InChI is InChI=1S/C27H28N4O7S/c1-27(2,3)38-26(34)31(17-25(32)33)24-12-6-10-21(29-24)22(30-39(35,36)20-9-7-13-28-16-20)15-19-14-18-8-4-5-11-23(18)37-19/h4-14,16,22,30H,15,17H2,1-3H3,(H,32,33). The van der Waals surface area contributed by atoms with Crippen molar-refractivity contribution in [3.8, 4) is 0 Å². The Hall–Kier alpha value is -4.29. The molecule has 204 valence electrons. The number of ether oxygens (including phenoxy) is 1. The summed E-state index contributed by atoms with van der Waals surface area (Å²) in [6.07, 6.45) is 1.86. The minimum atomic E-state index is -4.04. The van der Waals surface area contributed by atoms with Gasteiger partial charge >= 0.3 is 12.1 Å². The molecule has 1 amide bonds. The molecule has 0 aliphatic rings. The van der Waals surface area contributed by atoms with E-state index in [1.165, 1.54) is 30.6 Å². The fraction of sp³-hybridized carbons (Fsp3) is 0.259. The number of furan rings is 1. The summed E-state index contributed by atoms with van der Waals surface area (Å²) >= 11 is 0. The first-order valence-electron chi connectivity index (χ1n) is 12.0. The number of hydrogen-bond donors (Lipinski definition) is 2. The zero-order valence-electron chi connectivity index (χ0n) is 21.6. The molecule has 0 aliphatic heterocycles. The Labute approximate surface area is 225 Å². The molecule has 0 saturated carbocycles. The quantitative estimate of drug-likeness (QED) is 0.309. The maximum Gasteiger partial charge on any atom is 0.416 e. The van der Waals surface area contributed by atoms with Crippen molar-refractivity contribution in [2.45, 2.75) is 43.7 Å². The highest BCUT2D eigenvalue weighted by atomic mass is 32.2. The fourth-order valence-electron chi connectivity index (χ4n) is 3.78. The first-order valence-corrected chi connectivity index (χ1v) is 13.5. The summed E-state index contributed by atoms with van der Waals surface area (Å²) < 4.78 is 40.4. The van der Waals surface area contributed by atoms with Gasteiger partial charge in [0.15, 0.2) is 0 Å². The normalized spacial score (nSPS) is 12.7. The number of hydrogen-bond acceptors (Lipinski definition) is 8. The summed E-state index contributed by atoms with van der Waals surface area (Å²) in [5.74, 6) is -0.791. The number of pyridine rings is 2. The van der Waals surface area contributed by atoms with Gasteiger partial charge in [0, 0.05) is 24.2 Å². The summed E-state index contributed by atoms with van der Waals surface area (Å²) in [4.78, 5) is 33.6. The van der Waals surface area contributed by atoms with E-state index in [9.17, 15) is 23.1 Å². The van der Waals surface area contributed by atoms with Crippen LogP contribution in [0.5, 0.6) is 0 Å². The van der Waals surface area contributed by atoms with Crippen LogP contribution in [-0.4, -0.2) is 47.7 Å². The summed E-state index contributed by atoms with van der Waals surface area (Å²) in [7, 11) is -4.04. The van der Waals surface area contributed by atoms with Gasteiger partial charge in [0.05, 0.1) is 11.7 Å². The van der Waals surface area contributed by atoms with Gasteiger partial charge in [0.25, 0.3) is 0 Å². The lowest BCUT2D eigenvalue weighted by Gasteiger charge is -2.26. The van der Waals surface area contributed by atoms with Crippen molar-refractivity contribution >= 4 is 38.9 Å². The van der Waals surface area contributed by atoms with Crippen LogP contribution in [0.25, 0.3) is 11.0 Å². The van der Waals surface area contributed by atoms with Crippen molar-refractivity contribution in [1.29, 1.82) is 0 Å². The number of sulfonamides is 1. The van der Waals surface area contributed by atoms with Gasteiger partial charge in [-0.2, -0.15) is 0 Å². The van der Waals surface area contributed by atoms with E-state index < -0.39 is 40.3 Å². The lowest BCUT2D eigenvalue weighted by atomic mass is 10.1. The van der Waals surface area contributed by atoms with Gasteiger partial charge < -0.3 is 14.3 Å². The van der Waals surface area contributed by atoms with Crippen molar-refractivity contribution in [3.05, 3.63) is 84.5 Å². The number of para-hydroxylation sites is 1. The number of anilines is 1. The highest BCUT2D eigenvalue weighted by Crippen LogP contribution is 2.27. The van der Waals surface area contributed by atoms with E-state index in [2.05, 4.69) is 14.7 Å². The van der Waals surface area contributed by atoms with Crippen molar-refractivity contribution in [2.75, 3.05) is 11.4 Å². The van der Waals surface area contributed by atoms with Crippen LogP contribution >= 0.6 is 0 Å². The predicted molar refractivity (Wildman–Crippen MR) is 143 cm³/mol. The van der Waals surface area contributed by atoms with Crippen LogP contribution in [0.4, 0.5) is 10.6 Å². The monoisotopic (exact) mass is 552 g/mol. The van der Waals surface area contributed by atoms with Gasteiger partial charge in [-0.3, -0.25) is 14.7 Å². The molecular weight excluding hydrogens is 524 g/mol. The molecule has 0 aliphatic carbocycles. The number of carbonyl (C=O) groups is 2. The Morgan fingerprint density at radius 2 is 1.87 bits per heavy atom. The van der Waals surface area contributed by atoms with E-state index in [0.29, 0.717) is 11.3 Å². The second-order valence-corrected chi connectivity index (χ2v) is 11.4. The number of amides is 1. The van der Waals surface area contributed by atoms with Gasteiger partial charge in [-0.25, -0.2) is 22.9 Å². The van der Waals surface area contributed by atoms with Crippen LogP contribution in [0.2, 0.25) is 0 Å². The van der Waals surface area contributed by atoms with E-state index in [4.69, 9.17) is 9.15 Å². The van der Waals surface area contributed by atoms with Gasteiger partial charge in [0.2, 0.25) is 10.0 Å². The Morgan fingerprint density at radius 3 is 2.54 bits per heavy atom. The maximum absolute atomic E-state index is 13.2. The summed E-state index contributed by atoms with van der Waals surface area (Å²) in [6.45, 7) is 4.26. The third kappa shape index (κ3) is 7.18. The number of aliphatic carboxylic acids is 1. The van der Waals surface area contributed by atoms with Crippen molar-refractivity contribution in [1.82, 2.24) is 14.7 Å². The summed E-state index contributed by atoms with van der Waals surface area (Å²) in [5.41, 5.74) is -0.00533. The number of nitrogens with one attached hydrogen (secondary N) is 1. The number of aromatic nitrogens is 2. The molecule has 1 aromatic carbocycles. The molecule has 1 unspecified atom stereocenters. The number of benzene rings is 1. The smallest absolute Gasteiger partial charge is 0.416 e. The molecule has 39 heavy (non-hydrogen) atoms. The number of carboxylic acids is 1. The van der Waals surface area contributed by atoms with Gasteiger partial charge in [-0.05, 0) is 57.2 Å². The van der Waals surface area contributed by atoms with Crippen LogP contribution in [0.15, 0.2) is 82.4 Å². The highest BCUT2D eigenvalue weighted by molar-refractivity contribution is 7.89. The van der Waals surface area contributed by atoms with Crippen molar-refractivity contribution < 1.29 is 32.3 Å². The zero-order chi connectivity index (χ0) is 28.2. The zero-order valence-corrected chi connectivity index (χ0v) is 22.4. The molecule has 0 bridgehead atoms.